The van der Waals surface area contributed by atoms with Gasteiger partial charge in [-0.15, -0.1) is 0 Å². The number of amides is 1. The van der Waals surface area contributed by atoms with Crippen molar-refractivity contribution in [3.63, 3.8) is 0 Å². The molecule has 0 fully saturated rings. The molecule has 1 atom stereocenters. The second-order valence-electron chi connectivity index (χ2n) is 6.05. The van der Waals surface area contributed by atoms with E-state index in [0.717, 1.165) is 28.2 Å². The molecule has 2 aromatic rings. The molecule has 0 bridgehead atoms. The van der Waals surface area contributed by atoms with Gasteiger partial charge in [0, 0.05) is 11.1 Å². The third-order valence-corrected chi connectivity index (χ3v) is 4.34. The lowest BCUT2D eigenvalue weighted by Crippen LogP contribution is -2.27. The van der Waals surface area contributed by atoms with Crippen LogP contribution in [0.3, 0.4) is 0 Å². The number of methoxy groups -OCH3 is 2. The van der Waals surface area contributed by atoms with E-state index in [1.54, 1.807) is 14.2 Å². The van der Waals surface area contributed by atoms with Crippen molar-refractivity contribution >= 4 is 5.91 Å². The van der Waals surface area contributed by atoms with Crippen LogP contribution in [0.5, 0.6) is 11.5 Å². The highest BCUT2D eigenvalue weighted by atomic mass is 16.5. The van der Waals surface area contributed by atoms with Crippen LogP contribution < -0.4 is 14.8 Å². The lowest BCUT2D eigenvalue weighted by atomic mass is 9.99. The van der Waals surface area contributed by atoms with Gasteiger partial charge in [-0.2, -0.15) is 0 Å². The van der Waals surface area contributed by atoms with Gasteiger partial charge in [-0.3, -0.25) is 4.79 Å². The van der Waals surface area contributed by atoms with E-state index in [4.69, 9.17) is 9.47 Å². The van der Waals surface area contributed by atoms with E-state index in [0.29, 0.717) is 5.56 Å². The molecule has 2 aromatic carbocycles. The SMILES string of the molecule is COc1ccc(OC)c([C@@H](C)NC(=O)c2cc(C)c(C)cc2C)c1. The van der Waals surface area contributed by atoms with E-state index >= 15 is 0 Å². The van der Waals surface area contributed by atoms with E-state index in [1.807, 2.05) is 58.0 Å². The predicted octanol–water partition coefficient (Wildman–Crippen LogP) is 4.12. The number of aryl methyl sites for hydroxylation is 3. The number of carbonyl (C=O) groups is 1. The number of hydrogen-bond acceptors (Lipinski definition) is 3. The molecule has 1 N–H and O–H groups in total. The van der Waals surface area contributed by atoms with Crippen molar-refractivity contribution < 1.29 is 14.3 Å². The highest BCUT2D eigenvalue weighted by Crippen LogP contribution is 2.29. The van der Waals surface area contributed by atoms with Crippen molar-refractivity contribution in [1.29, 1.82) is 0 Å². The van der Waals surface area contributed by atoms with Crippen LogP contribution in [0.2, 0.25) is 0 Å². The summed E-state index contributed by atoms with van der Waals surface area (Å²) in [6, 6.07) is 9.35. The van der Waals surface area contributed by atoms with Crippen molar-refractivity contribution in [2.45, 2.75) is 33.7 Å². The van der Waals surface area contributed by atoms with E-state index in [1.165, 1.54) is 5.56 Å². The van der Waals surface area contributed by atoms with Gasteiger partial charge in [-0.05, 0) is 68.7 Å². The minimum Gasteiger partial charge on any atom is -0.497 e. The van der Waals surface area contributed by atoms with Gasteiger partial charge in [0.25, 0.3) is 5.91 Å². The third-order valence-electron chi connectivity index (χ3n) is 4.34. The van der Waals surface area contributed by atoms with Gasteiger partial charge in [0.05, 0.1) is 20.3 Å². The first-order valence-corrected chi connectivity index (χ1v) is 7.98. The Morgan fingerprint density at radius 2 is 1.62 bits per heavy atom. The fourth-order valence-corrected chi connectivity index (χ4v) is 2.74. The molecule has 4 nitrogen and oxygen atoms in total. The maximum absolute atomic E-state index is 12.7. The van der Waals surface area contributed by atoms with Crippen LogP contribution in [0.15, 0.2) is 30.3 Å². The minimum atomic E-state index is -0.205. The zero-order valence-electron chi connectivity index (χ0n) is 15.2. The lowest BCUT2D eigenvalue weighted by molar-refractivity contribution is 0.0938. The highest BCUT2D eigenvalue weighted by molar-refractivity contribution is 5.96. The fraction of sp³-hybridized carbons (Fsp3) is 0.350. The Bertz CT molecular complexity index is 753. The molecule has 24 heavy (non-hydrogen) atoms. The fourth-order valence-electron chi connectivity index (χ4n) is 2.74. The maximum atomic E-state index is 12.7. The number of benzene rings is 2. The molecule has 0 unspecified atom stereocenters. The van der Waals surface area contributed by atoms with Crippen LogP contribution in [0.4, 0.5) is 0 Å². The van der Waals surface area contributed by atoms with Crippen molar-refractivity contribution in [3.05, 3.63) is 58.1 Å². The maximum Gasteiger partial charge on any atom is 0.252 e. The normalized spacial score (nSPS) is 11.8. The molecule has 1 amide bonds. The molecule has 0 aliphatic heterocycles. The number of hydrogen-bond donors (Lipinski definition) is 1. The van der Waals surface area contributed by atoms with Crippen molar-refractivity contribution in [3.8, 4) is 11.5 Å². The van der Waals surface area contributed by atoms with Crippen LogP contribution >= 0.6 is 0 Å². The summed E-state index contributed by atoms with van der Waals surface area (Å²) in [4.78, 5) is 12.7. The molecule has 0 saturated heterocycles. The van der Waals surface area contributed by atoms with Gasteiger partial charge < -0.3 is 14.8 Å². The molecule has 0 aromatic heterocycles. The Morgan fingerprint density at radius 3 is 2.25 bits per heavy atom. The van der Waals surface area contributed by atoms with Gasteiger partial charge >= 0.3 is 0 Å². The summed E-state index contributed by atoms with van der Waals surface area (Å²) in [7, 11) is 3.24. The molecule has 0 aliphatic rings. The quantitative estimate of drug-likeness (QED) is 0.898. The Hall–Kier alpha value is -2.49. The summed E-state index contributed by atoms with van der Waals surface area (Å²) in [5.41, 5.74) is 4.85. The molecular formula is C20H25NO3. The zero-order valence-corrected chi connectivity index (χ0v) is 15.2. The Kier molecular flexibility index (Phi) is 5.50. The summed E-state index contributed by atoms with van der Waals surface area (Å²) in [5, 5.41) is 3.05. The van der Waals surface area contributed by atoms with Gasteiger partial charge in [-0.1, -0.05) is 6.07 Å². The van der Waals surface area contributed by atoms with E-state index < -0.39 is 0 Å². The van der Waals surface area contributed by atoms with Gasteiger partial charge in [0.15, 0.2) is 0 Å². The molecule has 2 rings (SSSR count). The highest BCUT2D eigenvalue weighted by Gasteiger charge is 2.18. The average molecular weight is 327 g/mol. The standard InChI is InChI=1S/C20H25NO3/c1-12-9-14(3)17(10-13(12)2)20(22)21-15(4)18-11-16(23-5)7-8-19(18)24-6/h7-11,15H,1-6H3,(H,21,22)/t15-/m1/s1. The molecule has 0 saturated carbocycles. The summed E-state index contributed by atoms with van der Waals surface area (Å²) < 4.78 is 10.7. The number of carbonyl (C=O) groups excluding carboxylic acids is 1. The smallest absolute Gasteiger partial charge is 0.252 e. The first-order chi connectivity index (χ1) is 11.4. The van der Waals surface area contributed by atoms with Crippen molar-refractivity contribution in [2.75, 3.05) is 14.2 Å². The van der Waals surface area contributed by atoms with Crippen LogP contribution in [0, 0.1) is 20.8 Å². The molecule has 0 spiro atoms. The molecule has 128 valence electrons. The number of rotatable bonds is 5. The van der Waals surface area contributed by atoms with Crippen molar-refractivity contribution in [1.82, 2.24) is 5.32 Å². The first kappa shape index (κ1) is 17.9. The molecule has 0 radical (unpaired) electrons. The second kappa shape index (κ2) is 7.39. The van der Waals surface area contributed by atoms with E-state index in [-0.39, 0.29) is 11.9 Å². The van der Waals surface area contributed by atoms with E-state index in [2.05, 4.69) is 5.32 Å². The third kappa shape index (κ3) is 3.70. The summed E-state index contributed by atoms with van der Waals surface area (Å²) in [5.74, 6) is 1.36. The second-order valence-corrected chi connectivity index (χ2v) is 6.05. The molecule has 4 heteroatoms. The topological polar surface area (TPSA) is 47.6 Å². The Morgan fingerprint density at radius 1 is 0.958 bits per heavy atom. The largest absolute Gasteiger partial charge is 0.497 e. The summed E-state index contributed by atoms with van der Waals surface area (Å²) in [6.07, 6.45) is 0. The first-order valence-electron chi connectivity index (χ1n) is 7.98. The molecule has 0 heterocycles. The molecule has 0 aliphatic carbocycles. The average Bonchev–Trinajstić information content (AvgIpc) is 2.57. The lowest BCUT2D eigenvalue weighted by Gasteiger charge is -2.19. The Balaban J connectivity index is 2.28. The van der Waals surface area contributed by atoms with Crippen LogP contribution in [0.25, 0.3) is 0 Å². The zero-order chi connectivity index (χ0) is 17.9. The Labute approximate surface area is 143 Å². The predicted molar refractivity (Wildman–Crippen MR) is 96.1 cm³/mol. The number of ether oxygens (including phenoxy) is 2. The van der Waals surface area contributed by atoms with Gasteiger partial charge in [0.1, 0.15) is 11.5 Å². The van der Waals surface area contributed by atoms with Crippen molar-refractivity contribution in [2.24, 2.45) is 0 Å². The van der Waals surface area contributed by atoms with Crippen LogP contribution in [-0.4, -0.2) is 20.1 Å². The summed E-state index contributed by atoms with van der Waals surface area (Å²) in [6.45, 7) is 7.96. The number of nitrogens with one attached hydrogen (secondary N) is 1. The minimum absolute atomic E-state index is 0.0898. The van der Waals surface area contributed by atoms with E-state index in [9.17, 15) is 4.79 Å². The van der Waals surface area contributed by atoms with Crippen LogP contribution in [0.1, 0.15) is 45.6 Å². The molecular weight excluding hydrogens is 302 g/mol. The van der Waals surface area contributed by atoms with Crippen LogP contribution in [-0.2, 0) is 0 Å². The van der Waals surface area contributed by atoms with Gasteiger partial charge in [-0.25, -0.2) is 0 Å². The summed E-state index contributed by atoms with van der Waals surface area (Å²) >= 11 is 0. The van der Waals surface area contributed by atoms with Gasteiger partial charge in [0.2, 0.25) is 0 Å². The monoisotopic (exact) mass is 327 g/mol.